The van der Waals surface area contributed by atoms with Crippen molar-refractivity contribution >= 4 is 6.08 Å². The van der Waals surface area contributed by atoms with Crippen LogP contribution in [0.3, 0.4) is 0 Å². The smallest absolute Gasteiger partial charge is 0.166 e. The number of epoxide rings is 1. The lowest BCUT2D eigenvalue weighted by Crippen LogP contribution is -2.16. The highest BCUT2D eigenvalue weighted by atomic mass is 19.2. The van der Waals surface area contributed by atoms with Gasteiger partial charge in [0.05, 0.1) is 6.61 Å². The van der Waals surface area contributed by atoms with E-state index in [1.165, 1.54) is 0 Å². The molecular weight excluding hydrogens is 433 g/mol. The quantitative estimate of drug-likeness (QED) is 0.321. The predicted octanol–water partition coefficient (Wildman–Crippen LogP) is 8.39. The van der Waals surface area contributed by atoms with Crippen molar-refractivity contribution < 1.29 is 17.9 Å². The molecule has 4 heteroatoms. The monoisotopic (exact) mass is 462 g/mol. The largest absolute Gasteiger partial charge is 0.368 e. The maximum atomic E-state index is 15.0. The van der Waals surface area contributed by atoms with Crippen LogP contribution in [0.1, 0.15) is 66.4 Å². The molecule has 0 radical (unpaired) electrons. The molecule has 1 atom stereocenters. The van der Waals surface area contributed by atoms with E-state index in [9.17, 15) is 8.78 Å². The summed E-state index contributed by atoms with van der Waals surface area (Å²) in [5.41, 5.74) is 4.01. The Bertz CT molecular complexity index is 1170. The summed E-state index contributed by atoms with van der Waals surface area (Å²) in [6, 6.07) is 16.1. The van der Waals surface area contributed by atoms with E-state index in [-0.39, 0.29) is 23.4 Å². The zero-order chi connectivity index (χ0) is 23.7. The summed E-state index contributed by atoms with van der Waals surface area (Å²) in [7, 11) is 0. The van der Waals surface area contributed by atoms with Gasteiger partial charge in [0.15, 0.2) is 11.6 Å². The van der Waals surface area contributed by atoms with E-state index in [0.717, 1.165) is 48.8 Å². The molecule has 3 aromatic rings. The van der Waals surface area contributed by atoms with Crippen LogP contribution in [0.25, 0.3) is 17.2 Å². The molecule has 1 saturated heterocycles. The van der Waals surface area contributed by atoms with Crippen molar-refractivity contribution in [3.8, 4) is 11.1 Å². The van der Waals surface area contributed by atoms with Crippen molar-refractivity contribution in [3.05, 3.63) is 101 Å². The maximum absolute atomic E-state index is 15.0. The highest BCUT2D eigenvalue weighted by Crippen LogP contribution is 2.40. The number of benzene rings is 3. The molecule has 5 rings (SSSR count). The molecule has 1 unspecified atom stereocenters. The van der Waals surface area contributed by atoms with Gasteiger partial charge in [0.1, 0.15) is 11.9 Å². The van der Waals surface area contributed by atoms with Crippen molar-refractivity contribution in [1.82, 2.24) is 0 Å². The lowest BCUT2D eigenvalue weighted by Gasteiger charge is -2.29. The average Bonchev–Trinajstić information content (AvgIpc) is 3.71. The molecule has 1 aliphatic heterocycles. The number of hydrogen-bond donors (Lipinski definition) is 0. The summed E-state index contributed by atoms with van der Waals surface area (Å²) >= 11 is 0. The highest BCUT2D eigenvalue weighted by molar-refractivity contribution is 5.66. The maximum Gasteiger partial charge on any atom is 0.166 e. The first-order valence-corrected chi connectivity index (χ1v) is 12.1. The highest BCUT2D eigenvalue weighted by Gasteiger charge is 2.28. The SMILES string of the molecule is C=Cc1ccc(-c2ccc(C3CCC(CCc4ccc(C5CO5)cc4F)CC3)c(F)c2F)cc1. The molecule has 176 valence electrons. The third-order valence-electron chi connectivity index (χ3n) is 7.46. The van der Waals surface area contributed by atoms with Crippen LogP contribution in [0.15, 0.2) is 61.2 Å². The number of ether oxygens (including phenoxy) is 1. The molecule has 0 aromatic heterocycles. The molecule has 1 aliphatic carbocycles. The van der Waals surface area contributed by atoms with E-state index in [1.54, 1.807) is 36.4 Å². The summed E-state index contributed by atoms with van der Waals surface area (Å²) < 4.78 is 49.6. The molecule has 1 heterocycles. The second kappa shape index (κ2) is 9.79. The number of aryl methyl sites for hydroxylation is 1. The standard InChI is InChI=1S/C30H29F3O/c1-2-19-3-8-21(9-4-19)25-15-16-26(30(33)29(25)32)22-10-5-20(6-11-22)7-12-23-13-14-24(17-27(23)31)28-18-34-28/h2-4,8-9,13-17,20,22,28H,1,5-7,10-12,18H2. The van der Waals surface area contributed by atoms with Crippen LogP contribution in [-0.2, 0) is 11.2 Å². The minimum absolute atomic E-state index is 0.0255. The van der Waals surface area contributed by atoms with E-state index in [2.05, 4.69) is 6.58 Å². The first kappa shape index (κ1) is 22.9. The van der Waals surface area contributed by atoms with Crippen molar-refractivity contribution in [2.24, 2.45) is 5.92 Å². The van der Waals surface area contributed by atoms with Crippen LogP contribution < -0.4 is 0 Å². The fourth-order valence-electron chi connectivity index (χ4n) is 5.23. The van der Waals surface area contributed by atoms with Crippen molar-refractivity contribution in [3.63, 3.8) is 0 Å². The van der Waals surface area contributed by atoms with Gasteiger partial charge >= 0.3 is 0 Å². The predicted molar refractivity (Wildman–Crippen MR) is 130 cm³/mol. The van der Waals surface area contributed by atoms with Gasteiger partial charge in [-0.05, 0) is 84.2 Å². The fraction of sp³-hybridized carbons (Fsp3) is 0.333. The van der Waals surface area contributed by atoms with Crippen LogP contribution in [0, 0.1) is 23.4 Å². The Hall–Kier alpha value is -2.85. The van der Waals surface area contributed by atoms with Gasteiger partial charge in [-0.3, -0.25) is 0 Å². The second-order valence-corrected chi connectivity index (χ2v) is 9.59. The van der Waals surface area contributed by atoms with Crippen LogP contribution in [0.5, 0.6) is 0 Å². The Morgan fingerprint density at radius 3 is 2.26 bits per heavy atom. The molecular formula is C30H29F3O. The van der Waals surface area contributed by atoms with Crippen LogP contribution >= 0.6 is 0 Å². The first-order chi connectivity index (χ1) is 16.5. The summed E-state index contributed by atoms with van der Waals surface area (Å²) in [6.45, 7) is 4.40. The molecule has 2 fully saturated rings. The first-order valence-electron chi connectivity index (χ1n) is 12.1. The van der Waals surface area contributed by atoms with Crippen LogP contribution in [-0.4, -0.2) is 6.61 Å². The molecule has 0 amide bonds. The molecule has 2 aliphatic rings. The van der Waals surface area contributed by atoms with Gasteiger partial charge in [-0.2, -0.15) is 0 Å². The summed E-state index contributed by atoms with van der Waals surface area (Å²) in [5, 5.41) is 0. The Morgan fingerprint density at radius 2 is 1.62 bits per heavy atom. The molecule has 3 aromatic carbocycles. The molecule has 34 heavy (non-hydrogen) atoms. The van der Waals surface area contributed by atoms with Crippen LogP contribution in [0.2, 0.25) is 0 Å². The van der Waals surface area contributed by atoms with E-state index in [0.29, 0.717) is 30.1 Å². The van der Waals surface area contributed by atoms with Gasteiger partial charge in [-0.1, -0.05) is 61.2 Å². The third-order valence-corrected chi connectivity index (χ3v) is 7.46. The summed E-state index contributed by atoms with van der Waals surface area (Å²) in [6.07, 6.45) is 6.96. The Kier molecular flexibility index (Phi) is 6.60. The van der Waals surface area contributed by atoms with E-state index in [4.69, 9.17) is 4.74 Å². The van der Waals surface area contributed by atoms with E-state index in [1.807, 2.05) is 24.3 Å². The zero-order valence-corrected chi connectivity index (χ0v) is 19.2. The minimum Gasteiger partial charge on any atom is -0.368 e. The summed E-state index contributed by atoms with van der Waals surface area (Å²) in [4.78, 5) is 0. The second-order valence-electron chi connectivity index (χ2n) is 9.59. The molecule has 0 N–H and O–H groups in total. The van der Waals surface area contributed by atoms with Crippen molar-refractivity contribution in [2.45, 2.75) is 50.5 Å². The zero-order valence-electron chi connectivity index (χ0n) is 19.2. The molecule has 0 spiro atoms. The molecule has 0 bridgehead atoms. The molecule has 1 saturated carbocycles. The Balaban J connectivity index is 1.19. The number of halogens is 3. The normalized spacial score (nSPS) is 21.9. The average molecular weight is 463 g/mol. The molecule has 1 nitrogen and oxygen atoms in total. The Labute approximate surface area is 199 Å². The van der Waals surface area contributed by atoms with E-state index >= 15 is 4.39 Å². The minimum atomic E-state index is -0.776. The lowest BCUT2D eigenvalue weighted by atomic mass is 9.76. The van der Waals surface area contributed by atoms with Gasteiger partial charge in [0, 0.05) is 5.56 Å². The fourth-order valence-corrected chi connectivity index (χ4v) is 5.23. The van der Waals surface area contributed by atoms with Crippen molar-refractivity contribution in [2.75, 3.05) is 6.61 Å². The number of hydrogen-bond acceptors (Lipinski definition) is 1. The van der Waals surface area contributed by atoms with E-state index < -0.39 is 11.6 Å². The van der Waals surface area contributed by atoms with Crippen LogP contribution in [0.4, 0.5) is 13.2 Å². The van der Waals surface area contributed by atoms with Gasteiger partial charge in [-0.15, -0.1) is 0 Å². The van der Waals surface area contributed by atoms with Gasteiger partial charge < -0.3 is 4.74 Å². The summed E-state index contributed by atoms with van der Waals surface area (Å²) in [5.74, 6) is -1.15. The Morgan fingerprint density at radius 1 is 0.882 bits per heavy atom. The van der Waals surface area contributed by atoms with Gasteiger partial charge in [0.25, 0.3) is 0 Å². The number of rotatable bonds is 7. The lowest BCUT2D eigenvalue weighted by molar-refractivity contribution is 0.304. The van der Waals surface area contributed by atoms with Gasteiger partial charge in [-0.25, -0.2) is 13.2 Å². The van der Waals surface area contributed by atoms with Crippen molar-refractivity contribution in [1.29, 1.82) is 0 Å². The van der Waals surface area contributed by atoms with Gasteiger partial charge in [0.2, 0.25) is 0 Å². The topological polar surface area (TPSA) is 12.5 Å². The third kappa shape index (κ3) is 4.83.